The Bertz CT molecular complexity index is 665. The minimum Gasteiger partial charge on any atom is -0.397 e. The Hall–Kier alpha value is -0.0500. The van der Waals surface area contributed by atoms with E-state index in [9.17, 15) is 0 Å². The summed E-state index contributed by atoms with van der Waals surface area (Å²) < 4.78 is 2.24. The van der Waals surface area contributed by atoms with Gasteiger partial charge in [-0.25, -0.2) is 0 Å². The third-order valence-corrected chi connectivity index (χ3v) is 5.87. The summed E-state index contributed by atoms with van der Waals surface area (Å²) in [6.45, 7) is 1.02. The summed E-state index contributed by atoms with van der Waals surface area (Å²) in [5.41, 5.74) is 11.0. The van der Waals surface area contributed by atoms with Gasteiger partial charge in [0.05, 0.1) is 5.69 Å². The standard InChI is InChI=1S/C16H15ClI2N2/c17-11-2-1-10-3-4-21-15(12(10)8-11)7-9-5-13(18)16(20)14(19)6-9/h1-2,5-6,8,15,21H,3-4,7,20H2. The first kappa shape index (κ1) is 15.8. The lowest BCUT2D eigenvalue weighted by Gasteiger charge is -2.27. The molecule has 0 radical (unpaired) electrons. The molecule has 1 aliphatic rings. The highest BCUT2D eigenvalue weighted by Gasteiger charge is 2.20. The SMILES string of the molecule is Nc1c(I)cc(CC2NCCc3ccc(Cl)cc32)cc1I. The molecular formula is C16H15ClI2N2. The average molecular weight is 525 g/mol. The van der Waals surface area contributed by atoms with E-state index in [-0.39, 0.29) is 0 Å². The van der Waals surface area contributed by atoms with Gasteiger partial charge in [0.1, 0.15) is 0 Å². The molecule has 1 unspecified atom stereocenters. The smallest absolute Gasteiger partial charge is 0.0585 e. The van der Waals surface area contributed by atoms with Crippen molar-refractivity contribution in [1.82, 2.24) is 5.32 Å². The van der Waals surface area contributed by atoms with Crippen LogP contribution in [0.2, 0.25) is 5.02 Å². The van der Waals surface area contributed by atoms with Crippen LogP contribution < -0.4 is 11.1 Å². The van der Waals surface area contributed by atoms with Crippen LogP contribution >= 0.6 is 56.8 Å². The molecule has 3 N–H and O–H groups in total. The number of nitrogens with two attached hydrogens (primary N) is 1. The number of anilines is 1. The molecule has 110 valence electrons. The Morgan fingerprint density at radius 2 is 1.90 bits per heavy atom. The largest absolute Gasteiger partial charge is 0.397 e. The van der Waals surface area contributed by atoms with Crippen molar-refractivity contribution >= 4 is 62.5 Å². The number of hydrogen-bond acceptors (Lipinski definition) is 2. The van der Waals surface area contributed by atoms with Crippen molar-refractivity contribution in [3.8, 4) is 0 Å². The van der Waals surface area contributed by atoms with Gasteiger partial charge in [0.2, 0.25) is 0 Å². The van der Waals surface area contributed by atoms with Crippen LogP contribution in [0.1, 0.15) is 22.7 Å². The summed E-state index contributed by atoms with van der Waals surface area (Å²) in [5, 5.41) is 4.42. The third kappa shape index (κ3) is 3.48. The lowest BCUT2D eigenvalue weighted by Crippen LogP contribution is -2.31. The van der Waals surface area contributed by atoms with Crippen LogP contribution in [-0.4, -0.2) is 6.54 Å². The monoisotopic (exact) mass is 524 g/mol. The van der Waals surface area contributed by atoms with E-state index in [1.165, 1.54) is 16.7 Å². The molecule has 3 rings (SSSR count). The first-order chi connectivity index (χ1) is 10.0. The number of nitrogen functional groups attached to an aromatic ring is 1. The number of fused-ring (bicyclic) bond motifs is 1. The fraction of sp³-hybridized carbons (Fsp3) is 0.250. The van der Waals surface area contributed by atoms with Crippen molar-refractivity contribution < 1.29 is 0 Å². The van der Waals surface area contributed by atoms with Gasteiger partial charge in [-0.15, -0.1) is 0 Å². The highest BCUT2D eigenvalue weighted by atomic mass is 127. The van der Waals surface area contributed by atoms with Crippen molar-refractivity contribution in [3.63, 3.8) is 0 Å². The van der Waals surface area contributed by atoms with Crippen LogP contribution in [0.3, 0.4) is 0 Å². The molecule has 0 saturated carbocycles. The van der Waals surface area contributed by atoms with E-state index in [0.29, 0.717) is 6.04 Å². The van der Waals surface area contributed by atoms with E-state index in [2.05, 4.69) is 74.8 Å². The summed E-state index contributed by atoms with van der Waals surface area (Å²) in [6.07, 6.45) is 2.03. The van der Waals surface area contributed by atoms with E-state index in [4.69, 9.17) is 17.3 Å². The van der Waals surface area contributed by atoms with Crippen LogP contribution in [0, 0.1) is 7.14 Å². The van der Waals surface area contributed by atoms with E-state index < -0.39 is 0 Å². The first-order valence-electron chi connectivity index (χ1n) is 6.79. The van der Waals surface area contributed by atoms with Gasteiger partial charge in [-0.05, 0) is 106 Å². The molecule has 2 aromatic rings. The summed E-state index contributed by atoms with van der Waals surface area (Å²) >= 11 is 10.8. The van der Waals surface area contributed by atoms with Crippen LogP contribution in [0.15, 0.2) is 30.3 Å². The Balaban J connectivity index is 1.92. The van der Waals surface area contributed by atoms with E-state index >= 15 is 0 Å². The molecule has 0 spiro atoms. The molecule has 0 aliphatic carbocycles. The molecule has 0 aromatic heterocycles. The Morgan fingerprint density at radius 3 is 2.62 bits per heavy atom. The van der Waals surface area contributed by atoms with Crippen molar-refractivity contribution in [3.05, 3.63) is 59.2 Å². The average Bonchev–Trinajstić information content (AvgIpc) is 2.45. The number of hydrogen-bond donors (Lipinski definition) is 2. The first-order valence-corrected chi connectivity index (χ1v) is 9.33. The van der Waals surface area contributed by atoms with Crippen LogP contribution in [0.25, 0.3) is 0 Å². The summed E-state index contributed by atoms with van der Waals surface area (Å²) in [6, 6.07) is 10.9. The van der Waals surface area contributed by atoms with E-state index in [1.54, 1.807) is 0 Å². The zero-order valence-corrected chi connectivity index (χ0v) is 16.4. The van der Waals surface area contributed by atoms with Gasteiger partial charge < -0.3 is 11.1 Å². The summed E-state index contributed by atoms with van der Waals surface area (Å²) in [4.78, 5) is 0. The topological polar surface area (TPSA) is 38.0 Å². The number of halogens is 3. The van der Waals surface area contributed by atoms with Gasteiger partial charge in [0, 0.05) is 18.2 Å². The maximum atomic E-state index is 6.17. The predicted molar refractivity (Wildman–Crippen MR) is 106 cm³/mol. The summed E-state index contributed by atoms with van der Waals surface area (Å²) in [7, 11) is 0. The zero-order chi connectivity index (χ0) is 15.0. The fourth-order valence-corrected chi connectivity index (χ4v) is 4.86. The lowest BCUT2D eigenvalue weighted by atomic mass is 9.90. The van der Waals surface area contributed by atoms with Gasteiger partial charge in [0.15, 0.2) is 0 Å². The van der Waals surface area contributed by atoms with Crippen molar-refractivity contribution in [2.24, 2.45) is 0 Å². The van der Waals surface area contributed by atoms with Gasteiger partial charge in [-0.3, -0.25) is 0 Å². The van der Waals surface area contributed by atoms with Gasteiger partial charge in [0.25, 0.3) is 0 Å². The lowest BCUT2D eigenvalue weighted by molar-refractivity contribution is 0.502. The third-order valence-electron chi connectivity index (χ3n) is 3.85. The maximum Gasteiger partial charge on any atom is 0.0585 e. The second kappa shape index (κ2) is 6.60. The van der Waals surface area contributed by atoms with Gasteiger partial charge in [-0.1, -0.05) is 17.7 Å². The van der Waals surface area contributed by atoms with Crippen LogP contribution in [0.4, 0.5) is 5.69 Å². The molecular weight excluding hydrogens is 509 g/mol. The Labute approximate surface area is 157 Å². The molecule has 21 heavy (non-hydrogen) atoms. The van der Waals surface area contributed by atoms with Gasteiger partial charge in [-0.2, -0.15) is 0 Å². The minimum absolute atomic E-state index is 0.322. The molecule has 0 saturated heterocycles. The molecule has 1 heterocycles. The number of benzene rings is 2. The maximum absolute atomic E-state index is 6.17. The van der Waals surface area contributed by atoms with E-state index in [0.717, 1.165) is 37.2 Å². The normalized spacial score (nSPS) is 17.6. The van der Waals surface area contributed by atoms with E-state index in [1.807, 2.05) is 6.07 Å². The molecule has 0 fully saturated rings. The summed E-state index contributed by atoms with van der Waals surface area (Å²) in [5.74, 6) is 0. The fourth-order valence-electron chi connectivity index (χ4n) is 2.78. The molecule has 0 amide bonds. The van der Waals surface area contributed by atoms with Crippen molar-refractivity contribution in [1.29, 1.82) is 0 Å². The zero-order valence-electron chi connectivity index (χ0n) is 11.3. The van der Waals surface area contributed by atoms with Gasteiger partial charge >= 0.3 is 0 Å². The number of nitrogens with one attached hydrogen (secondary N) is 1. The highest BCUT2D eigenvalue weighted by Crippen LogP contribution is 2.30. The number of rotatable bonds is 2. The quantitative estimate of drug-likeness (QED) is 0.447. The molecule has 2 aromatic carbocycles. The van der Waals surface area contributed by atoms with Crippen molar-refractivity contribution in [2.45, 2.75) is 18.9 Å². The molecule has 2 nitrogen and oxygen atoms in total. The second-order valence-electron chi connectivity index (χ2n) is 5.28. The predicted octanol–water partition coefficient (Wildman–Crippen LogP) is 4.56. The van der Waals surface area contributed by atoms with Crippen LogP contribution in [0.5, 0.6) is 0 Å². The molecule has 1 atom stereocenters. The highest BCUT2D eigenvalue weighted by molar-refractivity contribution is 14.1. The van der Waals surface area contributed by atoms with Crippen LogP contribution in [-0.2, 0) is 12.8 Å². The Kier molecular flexibility index (Phi) is 4.97. The molecule has 0 bridgehead atoms. The Morgan fingerprint density at radius 1 is 1.19 bits per heavy atom. The molecule has 5 heteroatoms. The van der Waals surface area contributed by atoms with Crippen molar-refractivity contribution in [2.75, 3.05) is 12.3 Å². The molecule has 1 aliphatic heterocycles. The second-order valence-corrected chi connectivity index (χ2v) is 8.04. The minimum atomic E-state index is 0.322.